The van der Waals surface area contributed by atoms with E-state index < -0.39 is 0 Å². The Balaban J connectivity index is 2.01. The van der Waals surface area contributed by atoms with Crippen molar-refractivity contribution in [1.82, 2.24) is 4.98 Å². The zero-order chi connectivity index (χ0) is 13.8. The summed E-state index contributed by atoms with van der Waals surface area (Å²) in [6, 6.07) is 9.43. The molecule has 19 heavy (non-hydrogen) atoms. The van der Waals surface area contributed by atoms with Gasteiger partial charge < -0.3 is 11.1 Å². The van der Waals surface area contributed by atoms with Crippen LogP contribution in [0.1, 0.15) is 16.7 Å². The van der Waals surface area contributed by atoms with Crippen LogP contribution in [0.4, 0.5) is 11.5 Å². The number of hydrogen-bond donors (Lipinski definition) is 2. The number of anilines is 2. The molecule has 0 fully saturated rings. The Kier molecular flexibility index (Phi) is 3.80. The second-order valence-electron chi connectivity index (χ2n) is 4.62. The summed E-state index contributed by atoms with van der Waals surface area (Å²) in [5, 5.41) is 2.75. The average molecular weight is 255 g/mol. The quantitative estimate of drug-likeness (QED) is 0.885. The highest BCUT2D eigenvalue weighted by atomic mass is 16.1. The van der Waals surface area contributed by atoms with Crippen LogP contribution in [-0.4, -0.2) is 10.9 Å². The van der Waals surface area contributed by atoms with E-state index in [2.05, 4.69) is 17.2 Å². The van der Waals surface area contributed by atoms with Crippen LogP contribution in [0.15, 0.2) is 36.5 Å². The van der Waals surface area contributed by atoms with E-state index in [4.69, 9.17) is 5.73 Å². The van der Waals surface area contributed by atoms with Gasteiger partial charge in [-0.15, -0.1) is 0 Å². The lowest BCUT2D eigenvalue weighted by atomic mass is 10.0. The van der Waals surface area contributed by atoms with Crippen molar-refractivity contribution in [3.05, 3.63) is 53.2 Å². The third kappa shape index (κ3) is 3.55. The van der Waals surface area contributed by atoms with E-state index in [9.17, 15) is 4.79 Å². The van der Waals surface area contributed by atoms with Crippen molar-refractivity contribution >= 4 is 17.4 Å². The normalized spacial score (nSPS) is 10.2. The third-order valence-electron chi connectivity index (χ3n) is 2.99. The van der Waals surface area contributed by atoms with Crippen LogP contribution >= 0.6 is 0 Å². The molecule has 0 radical (unpaired) electrons. The second-order valence-corrected chi connectivity index (χ2v) is 4.62. The van der Waals surface area contributed by atoms with Crippen molar-refractivity contribution in [2.75, 3.05) is 11.1 Å². The first-order valence-corrected chi connectivity index (χ1v) is 6.12. The lowest BCUT2D eigenvalue weighted by Gasteiger charge is -2.06. The summed E-state index contributed by atoms with van der Waals surface area (Å²) in [4.78, 5) is 15.9. The Labute approximate surface area is 112 Å². The molecule has 3 N–H and O–H groups in total. The van der Waals surface area contributed by atoms with Gasteiger partial charge in [0.25, 0.3) is 0 Å². The molecule has 98 valence electrons. The van der Waals surface area contributed by atoms with Gasteiger partial charge in [-0.2, -0.15) is 0 Å². The number of amides is 1. The molecule has 0 saturated carbocycles. The lowest BCUT2D eigenvalue weighted by Crippen LogP contribution is -2.15. The molecule has 2 aromatic rings. The number of nitrogens with two attached hydrogens (primary N) is 1. The van der Waals surface area contributed by atoms with Crippen LogP contribution < -0.4 is 11.1 Å². The number of hydrogen-bond acceptors (Lipinski definition) is 3. The number of rotatable bonds is 3. The summed E-state index contributed by atoms with van der Waals surface area (Å²) in [6.07, 6.45) is 1.86. The van der Waals surface area contributed by atoms with Gasteiger partial charge in [0.15, 0.2) is 0 Å². The van der Waals surface area contributed by atoms with Gasteiger partial charge in [-0.25, -0.2) is 4.98 Å². The van der Waals surface area contributed by atoms with Gasteiger partial charge in [0.2, 0.25) is 5.91 Å². The number of nitrogen functional groups attached to an aromatic ring is 1. The minimum atomic E-state index is -0.0828. The van der Waals surface area contributed by atoms with Crippen molar-refractivity contribution in [2.45, 2.75) is 20.3 Å². The zero-order valence-corrected chi connectivity index (χ0v) is 11.1. The third-order valence-corrected chi connectivity index (χ3v) is 2.99. The van der Waals surface area contributed by atoms with Gasteiger partial charge in [-0.05, 0) is 42.7 Å². The highest BCUT2D eigenvalue weighted by molar-refractivity contribution is 5.91. The van der Waals surface area contributed by atoms with Gasteiger partial charge in [0.05, 0.1) is 18.3 Å². The molecule has 0 atom stereocenters. The van der Waals surface area contributed by atoms with Crippen LogP contribution in [0, 0.1) is 13.8 Å². The Morgan fingerprint density at radius 3 is 2.63 bits per heavy atom. The first kappa shape index (κ1) is 13.1. The van der Waals surface area contributed by atoms with Crippen LogP contribution in [0.5, 0.6) is 0 Å². The smallest absolute Gasteiger partial charge is 0.229 e. The van der Waals surface area contributed by atoms with Gasteiger partial charge in [-0.1, -0.05) is 18.2 Å². The van der Waals surface area contributed by atoms with E-state index in [0.29, 0.717) is 17.9 Å². The Hall–Kier alpha value is -2.36. The van der Waals surface area contributed by atoms with Crippen LogP contribution in [0.2, 0.25) is 0 Å². The van der Waals surface area contributed by atoms with Crippen LogP contribution in [0.3, 0.4) is 0 Å². The number of carbonyl (C=O) groups is 1. The predicted octanol–water partition coefficient (Wildman–Crippen LogP) is 2.46. The molecule has 1 amide bonds. The molecule has 0 unspecified atom stereocenters. The van der Waals surface area contributed by atoms with Crippen molar-refractivity contribution in [3.63, 3.8) is 0 Å². The van der Waals surface area contributed by atoms with Crippen molar-refractivity contribution < 1.29 is 4.79 Å². The van der Waals surface area contributed by atoms with E-state index in [-0.39, 0.29) is 5.91 Å². The molecular weight excluding hydrogens is 238 g/mol. The fourth-order valence-corrected chi connectivity index (χ4v) is 1.77. The number of benzene rings is 1. The molecule has 4 nitrogen and oxygen atoms in total. The standard InChI is InChI=1S/C15H17N3O/c1-10-3-4-12(7-11(10)2)8-15(19)18-14-6-5-13(16)9-17-14/h3-7,9H,8,16H2,1-2H3,(H,17,18,19). The zero-order valence-electron chi connectivity index (χ0n) is 11.1. The molecule has 0 aliphatic rings. The van der Waals surface area contributed by atoms with E-state index >= 15 is 0 Å². The summed E-state index contributed by atoms with van der Waals surface area (Å²) in [5.74, 6) is 0.434. The van der Waals surface area contributed by atoms with Crippen LogP contribution in [-0.2, 0) is 11.2 Å². The second kappa shape index (κ2) is 5.52. The number of aromatic nitrogens is 1. The molecule has 0 aliphatic carbocycles. The first-order chi connectivity index (χ1) is 9.04. The summed E-state index contributed by atoms with van der Waals surface area (Å²) >= 11 is 0. The average Bonchev–Trinajstić information content (AvgIpc) is 2.37. The number of pyridine rings is 1. The molecule has 0 spiro atoms. The van der Waals surface area contributed by atoms with Gasteiger partial charge in [0, 0.05) is 0 Å². The molecule has 4 heteroatoms. The molecular formula is C15H17N3O. The molecule has 2 rings (SSSR count). The van der Waals surface area contributed by atoms with Crippen LogP contribution in [0.25, 0.3) is 0 Å². The maximum atomic E-state index is 11.9. The Bertz CT molecular complexity index is 591. The summed E-state index contributed by atoms with van der Waals surface area (Å²) in [5.41, 5.74) is 9.53. The van der Waals surface area contributed by atoms with Gasteiger partial charge >= 0.3 is 0 Å². The summed E-state index contributed by atoms with van der Waals surface area (Å²) in [7, 11) is 0. The number of aryl methyl sites for hydroxylation is 2. The van der Waals surface area contributed by atoms with Crippen molar-refractivity contribution in [2.24, 2.45) is 0 Å². The number of nitrogens with zero attached hydrogens (tertiary/aromatic N) is 1. The molecule has 1 heterocycles. The molecule has 1 aromatic heterocycles. The lowest BCUT2D eigenvalue weighted by molar-refractivity contribution is -0.115. The molecule has 1 aromatic carbocycles. The Morgan fingerprint density at radius 2 is 2.00 bits per heavy atom. The number of carbonyl (C=O) groups excluding carboxylic acids is 1. The predicted molar refractivity (Wildman–Crippen MR) is 76.9 cm³/mol. The first-order valence-electron chi connectivity index (χ1n) is 6.12. The van der Waals surface area contributed by atoms with Gasteiger partial charge in [0.1, 0.15) is 5.82 Å². The summed E-state index contributed by atoms with van der Waals surface area (Å²) in [6.45, 7) is 4.09. The van der Waals surface area contributed by atoms with E-state index in [0.717, 1.165) is 5.56 Å². The highest BCUT2D eigenvalue weighted by Crippen LogP contribution is 2.11. The fourth-order valence-electron chi connectivity index (χ4n) is 1.77. The largest absolute Gasteiger partial charge is 0.397 e. The highest BCUT2D eigenvalue weighted by Gasteiger charge is 2.05. The molecule has 0 saturated heterocycles. The molecule has 0 bridgehead atoms. The SMILES string of the molecule is Cc1ccc(CC(=O)Nc2ccc(N)cn2)cc1C. The topological polar surface area (TPSA) is 68.0 Å². The summed E-state index contributed by atoms with van der Waals surface area (Å²) < 4.78 is 0. The van der Waals surface area contributed by atoms with E-state index in [1.165, 1.54) is 17.3 Å². The minimum Gasteiger partial charge on any atom is -0.397 e. The fraction of sp³-hybridized carbons (Fsp3) is 0.200. The van der Waals surface area contributed by atoms with E-state index in [1.54, 1.807) is 12.1 Å². The number of nitrogens with one attached hydrogen (secondary N) is 1. The molecule has 0 aliphatic heterocycles. The maximum absolute atomic E-state index is 11.9. The Morgan fingerprint density at radius 1 is 1.21 bits per heavy atom. The van der Waals surface area contributed by atoms with Gasteiger partial charge in [-0.3, -0.25) is 4.79 Å². The maximum Gasteiger partial charge on any atom is 0.229 e. The monoisotopic (exact) mass is 255 g/mol. The van der Waals surface area contributed by atoms with Crippen molar-refractivity contribution in [1.29, 1.82) is 0 Å². The van der Waals surface area contributed by atoms with Crippen molar-refractivity contribution in [3.8, 4) is 0 Å². The minimum absolute atomic E-state index is 0.0828. The van der Waals surface area contributed by atoms with E-state index in [1.807, 2.05) is 25.1 Å².